The van der Waals surface area contributed by atoms with Gasteiger partial charge in [-0.25, -0.2) is 8.42 Å². The molecule has 7 heteroatoms. The lowest BCUT2D eigenvalue weighted by Gasteiger charge is -2.22. The lowest BCUT2D eigenvalue weighted by Crippen LogP contribution is -2.31. The van der Waals surface area contributed by atoms with Gasteiger partial charge >= 0.3 is 0 Å². The van der Waals surface area contributed by atoms with Gasteiger partial charge in [0.1, 0.15) is 12.4 Å². The van der Waals surface area contributed by atoms with Gasteiger partial charge < -0.3 is 9.84 Å². The molecule has 34 heavy (non-hydrogen) atoms. The fourth-order valence-electron chi connectivity index (χ4n) is 3.82. The number of halogens is 1. The number of sulfone groups is 1. The van der Waals surface area contributed by atoms with Crippen molar-refractivity contribution in [2.75, 3.05) is 13.1 Å². The Bertz CT molecular complexity index is 1390. The minimum absolute atomic E-state index is 0. The molecule has 0 unspecified atom stereocenters. The summed E-state index contributed by atoms with van der Waals surface area (Å²) in [5, 5.41) is 9.93. The fourth-order valence-corrected chi connectivity index (χ4v) is 5.16. The highest BCUT2D eigenvalue weighted by Crippen LogP contribution is 2.23. The molecule has 0 aliphatic carbocycles. The Morgan fingerprint density at radius 1 is 1.09 bits per heavy atom. The normalized spacial score (nSPS) is 22.5. The lowest BCUT2D eigenvalue weighted by atomic mass is 10.1. The van der Waals surface area contributed by atoms with Gasteiger partial charge in [-0.1, -0.05) is 48.5 Å². The van der Waals surface area contributed by atoms with Crippen LogP contribution in [-0.2, 0) is 28.7 Å². The van der Waals surface area contributed by atoms with E-state index in [1.165, 1.54) is 0 Å². The highest BCUT2D eigenvalue weighted by molar-refractivity contribution is 7.90. The van der Waals surface area contributed by atoms with E-state index in [9.17, 15) is 13.5 Å². The summed E-state index contributed by atoms with van der Waals surface area (Å²) >= 11 is 0. The lowest BCUT2D eigenvalue weighted by molar-refractivity contribution is 0.153. The van der Waals surface area contributed by atoms with E-state index in [2.05, 4.69) is 0 Å². The molecule has 1 fully saturated rings. The van der Waals surface area contributed by atoms with Crippen LogP contribution >= 0.6 is 12.4 Å². The minimum atomic E-state index is -3.49. The molecule has 1 N–H and O–H groups in total. The number of hydrogen-bond acceptors (Lipinski definition) is 5. The van der Waals surface area contributed by atoms with Crippen molar-refractivity contribution in [1.82, 2.24) is 4.90 Å². The van der Waals surface area contributed by atoms with Crippen molar-refractivity contribution in [3.8, 4) is 5.75 Å². The number of ether oxygens (including phenoxy) is 1. The van der Waals surface area contributed by atoms with E-state index >= 15 is 0 Å². The van der Waals surface area contributed by atoms with Gasteiger partial charge in [-0.2, -0.15) is 0 Å². The largest absolute Gasteiger partial charge is 0.489 e. The van der Waals surface area contributed by atoms with Crippen molar-refractivity contribution < 1.29 is 25.1 Å². The smallest absolute Gasteiger partial charge is 0.182 e. The molecule has 3 aromatic carbocycles. The van der Waals surface area contributed by atoms with Crippen LogP contribution in [0.15, 0.2) is 77.7 Å². The molecule has 1 aliphatic rings. The van der Waals surface area contributed by atoms with E-state index in [0.29, 0.717) is 16.9 Å². The van der Waals surface area contributed by atoms with Crippen LogP contribution in [0.5, 0.6) is 5.75 Å². The molecular formula is C27H32ClNO4S. The molecule has 182 valence electrons. The molecule has 0 aromatic heterocycles. The van der Waals surface area contributed by atoms with Gasteiger partial charge in [0.2, 0.25) is 0 Å². The number of nitrogens with zero attached hydrogens (tertiary/aromatic N) is 1. The highest BCUT2D eigenvalue weighted by Gasteiger charge is 2.23. The Morgan fingerprint density at radius 2 is 1.79 bits per heavy atom. The Morgan fingerprint density at radius 3 is 2.50 bits per heavy atom. The van der Waals surface area contributed by atoms with E-state index in [0.717, 1.165) is 16.0 Å². The summed E-state index contributed by atoms with van der Waals surface area (Å²) < 4.78 is 71.7. The average Bonchev–Trinajstić information content (AvgIpc) is 3.08. The quantitative estimate of drug-likeness (QED) is 0.446. The van der Waals surface area contributed by atoms with E-state index in [1.54, 1.807) is 60.7 Å². The van der Waals surface area contributed by atoms with Gasteiger partial charge in [0.15, 0.2) is 9.84 Å². The molecule has 1 heterocycles. The number of aliphatic hydroxyl groups is 1. The van der Waals surface area contributed by atoms with Crippen molar-refractivity contribution in [2.45, 2.75) is 49.6 Å². The van der Waals surface area contributed by atoms with Crippen molar-refractivity contribution in [3.05, 3.63) is 95.1 Å². The SMILES string of the molecule is Cl.[2H]C1([2H])CC[C@]([2H])(C([2H])([2H])O)N1Cc1ccc(COc2cc(C)cc(CS(=O)(=O)c3ccccc3)c2)cc1. The minimum Gasteiger partial charge on any atom is -0.489 e. The number of aryl methyl sites for hydroxylation is 1. The van der Waals surface area contributed by atoms with Crippen molar-refractivity contribution >= 4 is 22.2 Å². The van der Waals surface area contributed by atoms with Crippen LogP contribution in [-0.4, -0.2) is 37.5 Å². The number of benzene rings is 3. The van der Waals surface area contributed by atoms with Crippen molar-refractivity contribution in [3.63, 3.8) is 0 Å². The molecule has 4 rings (SSSR count). The zero-order valence-electron chi connectivity index (χ0n) is 23.9. The third-order valence-electron chi connectivity index (χ3n) is 5.46. The molecule has 1 aliphatic heterocycles. The topological polar surface area (TPSA) is 66.8 Å². The molecule has 0 bridgehead atoms. The van der Waals surface area contributed by atoms with Gasteiger partial charge in [-0.15, -0.1) is 12.4 Å². The van der Waals surface area contributed by atoms with E-state index in [1.807, 2.05) is 19.1 Å². The average molecular weight is 507 g/mol. The fraction of sp³-hybridized carbons (Fsp3) is 0.333. The van der Waals surface area contributed by atoms with Gasteiger partial charge in [-0.3, -0.25) is 4.90 Å². The molecule has 1 atom stereocenters. The Kier molecular flexibility index (Phi) is 6.93. The summed E-state index contributed by atoms with van der Waals surface area (Å²) in [5.41, 5.74) is 3.00. The molecule has 0 amide bonds. The number of rotatable bonds is 9. The maximum absolute atomic E-state index is 12.8. The third kappa shape index (κ3) is 6.83. The van der Waals surface area contributed by atoms with E-state index in [-0.39, 0.29) is 49.0 Å². The molecule has 0 radical (unpaired) electrons. The molecule has 1 saturated heterocycles. The van der Waals surface area contributed by atoms with Crippen molar-refractivity contribution in [1.29, 1.82) is 0 Å². The predicted octanol–water partition coefficient (Wildman–Crippen LogP) is 4.93. The molecule has 0 saturated carbocycles. The summed E-state index contributed by atoms with van der Waals surface area (Å²) in [5.74, 6) is 0.401. The van der Waals surface area contributed by atoms with Crippen LogP contribution < -0.4 is 4.74 Å². The maximum atomic E-state index is 12.8. The van der Waals surface area contributed by atoms with Gasteiger partial charge in [0.05, 0.1) is 19.9 Å². The first-order valence-electron chi connectivity index (χ1n) is 13.3. The van der Waals surface area contributed by atoms with Crippen LogP contribution in [0, 0.1) is 6.92 Å². The summed E-state index contributed by atoms with van der Waals surface area (Å²) in [6, 6.07) is 18.7. The van der Waals surface area contributed by atoms with Crippen LogP contribution in [0.4, 0.5) is 0 Å². The summed E-state index contributed by atoms with van der Waals surface area (Å²) in [4.78, 5) is 1.34. The summed E-state index contributed by atoms with van der Waals surface area (Å²) in [6.45, 7) is -2.73. The Balaban J connectivity index is 0.00000420. The van der Waals surface area contributed by atoms with Crippen LogP contribution in [0.2, 0.25) is 0 Å². The number of hydrogen-bond donors (Lipinski definition) is 1. The first-order chi connectivity index (χ1) is 17.7. The first kappa shape index (κ1) is 19.9. The van der Waals surface area contributed by atoms with Gasteiger partial charge in [0, 0.05) is 16.7 Å². The summed E-state index contributed by atoms with van der Waals surface area (Å²) in [7, 11) is -3.49. The van der Waals surface area contributed by atoms with E-state index in [4.69, 9.17) is 11.6 Å². The van der Waals surface area contributed by atoms with E-state index < -0.39 is 28.9 Å². The zero-order valence-corrected chi connectivity index (χ0v) is 20.5. The monoisotopic (exact) mass is 506 g/mol. The maximum Gasteiger partial charge on any atom is 0.182 e. The standard InChI is InChI=1S/C27H31NO4S.ClH/c1-21-14-24(20-33(30,31)27-7-3-2-4-8-27)16-26(15-21)32-19-23-11-9-22(10-12-23)17-28-13-5-6-25(28)18-29;/h2-4,7-12,14-16,25,29H,5-6,13,17-20H2,1H3;1H/t25-;/m1./s1/i13D2,18D2,25D;. The number of likely N-dealkylation sites (tertiary alicyclic amines) is 1. The second-order valence-corrected chi connectivity index (χ2v) is 10.1. The second kappa shape index (κ2) is 11.8. The van der Waals surface area contributed by atoms with Gasteiger partial charge in [0.25, 0.3) is 0 Å². The van der Waals surface area contributed by atoms with Crippen LogP contribution in [0.3, 0.4) is 0 Å². The van der Waals surface area contributed by atoms with Crippen molar-refractivity contribution in [2.24, 2.45) is 0 Å². The molecule has 0 spiro atoms. The molecule has 5 nitrogen and oxygen atoms in total. The Hall–Kier alpha value is -2.38. The second-order valence-electron chi connectivity index (χ2n) is 8.13. The third-order valence-corrected chi connectivity index (χ3v) is 7.16. The van der Waals surface area contributed by atoms with Crippen LogP contribution in [0.25, 0.3) is 0 Å². The highest BCUT2D eigenvalue weighted by atomic mass is 35.5. The molecular weight excluding hydrogens is 470 g/mol. The Labute approximate surface area is 215 Å². The predicted molar refractivity (Wildman–Crippen MR) is 137 cm³/mol. The summed E-state index contributed by atoms with van der Waals surface area (Å²) in [6.07, 6.45) is -0.172. The zero-order chi connectivity index (χ0) is 27.8. The van der Waals surface area contributed by atoms with Crippen LogP contribution in [0.1, 0.15) is 41.9 Å². The molecule has 3 aromatic rings. The van der Waals surface area contributed by atoms with Gasteiger partial charge in [-0.05, 0) is 72.8 Å². The first-order valence-corrected chi connectivity index (χ1v) is 12.4.